The summed E-state index contributed by atoms with van der Waals surface area (Å²) in [5.74, 6) is 0.632. The summed E-state index contributed by atoms with van der Waals surface area (Å²) in [6.07, 6.45) is 0. The molecule has 0 bridgehead atoms. The van der Waals surface area contributed by atoms with Gasteiger partial charge in [0.25, 0.3) is 0 Å². The normalized spacial score (nSPS) is 15.5. The molecule has 1 aromatic heterocycles. The SMILES string of the molecule is CC1(COc2cc3nc(-c4ccc(F)c(Cl)c4)nc(N)c3cc2N)COC1. The fourth-order valence-corrected chi connectivity index (χ4v) is 3.05. The van der Waals surface area contributed by atoms with Crippen molar-refractivity contribution in [2.75, 3.05) is 31.3 Å². The van der Waals surface area contributed by atoms with Crippen LogP contribution in [-0.4, -0.2) is 29.8 Å². The van der Waals surface area contributed by atoms with Gasteiger partial charge in [0.2, 0.25) is 0 Å². The first kappa shape index (κ1) is 17.8. The van der Waals surface area contributed by atoms with Gasteiger partial charge in [-0.05, 0) is 24.3 Å². The summed E-state index contributed by atoms with van der Waals surface area (Å²) in [6.45, 7) is 3.89. The maximum Gasteiger partial charge on any atom is 0.162 e. The average Bonchev–Trinajstić information content (AvgIpc) is 2.61. The number of benzene rings is 2. The first-order chi connectivity index (χ1) is 12.8. The highest BCUT2D eigenvalue weighted by Crippen LogP contribution is 2.34. The minimum absolute atomic E-state index is 0.00735. The molecule has 1 fully saturated rings. The molecule has 2 aromatic carbocycles. The molecule has 0 atom stereocenters. The Morgan fingerprint density at radius 2 is 2.00 bits per heavy atom. The van der Waals surface area contributed by atoms with Crippen LogP contribution in [0.15, 0.2) is 30.3 Å². The van der Waals surface area contributed by atoms with E-state index in [0.29, 0.717) is 53.5 Å². The third-order valence-corrected chi connectivity index (χ3v) is 4.80. The highest BCUT2D eigenvalue weighted by atomic mass is 35.5. The van der Waals surface area contributed by atoms with E-state index in [1.165, 1.54) is 12.1 Å². The van der Waals surface area contributed by atoms with Gasteiger partial charge in [0, 0.05) is 22.4 Å². The van der Waals surface area contributed by atoms with Crippen molar-refractivity contribution in [3.63, 3.8) is 0 Å². The zero-order valence-corrected chi connectivity index (χ0v) is 15.4. The number of hydrogen-bond acceptors (Lipinski definition) is 6. The van der Waals surface area contributed by atoms with Crippen molar-refractivity contribution >= 4 is 34.0 Å². The Bertz CT molecular complexity index is 1040. The second-order valence-corrected chi connectivity index (χ2v) is 7.47. The zero-order chi connectivity index (χ0) is 19.2. The molecule has 0 radical (unpaired) electrons. The van der Waals surface area contributed by atoms with E-state index in [4.69, 9.17) is 32.5 Å². The molecule has 6 nitrogen and oxygen atoms in total. The van der Waals surface area contributed by atoms with Crippen LogP contribution in [0.25, 0.3) is 22.3 Å². The number of halogens is 2. The molecule has 1 aliphatic rings. The Hall–Kier alpha value is -2.64. The van der Waals surface area contributed by atoms with Crippen molar-refractivity contribution in [3.8, 4) is 17.1 Å². The van der Waals surface area contributed by atoms with Crippen LogP contribution in [-0.2, 0) is 4.74 Å². The van der Waals surface area contributed by atoms with Crippen molar-refractivity contribution in [1.82, 2.24) is 9.97 Å². The zero-order valence-electron chi connectivity index (χ0n) is 14.6. The second-order valence-electron chi connectivity index (χ2n) is 7.06. The molecule has 0 unspecified atom stereocenters. The van der Waals surface area contributed by atoms with E-state index in [9.17, 15) is 4.39 Å². The molecule has 27 heavy (non-hydrogen) atoms. The molecule has 0 aliphatic carbocycles. The Labute approximate surface area is 160 Å². The number of rotatable bonds is 4. The molecule has 2 heterocycles. The summed E-state index contributed by atoms with van der Waals surface area (Å²) in [5, 5.41) is 0.613. The van der Waals surface area contributed by atoms with Crippen LogP contribution in [0.2, 0.25) is 5.02 Å². The highest BCUT2D eigenvalue weighted by Gasteiger charge is 2.34. The number of nitrogens with two attached hydrogens (primary N) is 2. The van der Waals surface area contributed by atoms with Crippen molar-refractivity contribution < 1.29 is 13.9 Å². The van der Waals surface area contributed by atoms with Crippen LogP contribution in [0.3, 0.4) is 0 Å². The van der Waals surface area contributed by atoms with E-state index >= 15 is 0 Å². The third kappa shape index (κ3) is 3.36. The quantitative estimate of drug-likeness (QED) is 0.662. The maximum atomic E-state index is 13.4. The number of anilines is 2. The molecular formula is C19H18ClFN4O2. The predicted octanol–water partition coefficient (Wildman–Crippen LogP) is 3.67. The molecule has 1 aliphatic heterocycles. The fraction of sp³-hybridized carbons (Fsp3) is 0.263. The maximum absolute atomic E-state index is 13.4. The first-order valence-corrected chi connectivity index (χ1v) is 8.75. The summed E-state index contributed by atoms with van der Waals surface area (Å²) < 4.78 is 24.6. The van der Waals surface area contributed by atoms with Crippen molar-refractivity contribution in [2.24, 2.45) is 5.41 Å². The molecule has 4 N–H and O–H groups in total. The molecule has 4 rings (SSSR count). The molecule has 1 saturated heterocycles. The lowest BCUT2D eigenvalue weighted by Crippen LogP contribution is -2.44. The summed E-state index contributed by atoms with van der Waals surface area (Å²) in [7, 11) is 0. The molecular weight excluding hydrogens is 371 g/mol. The van der Waals surface area contributed by atoms with Gasteiger partial charge in [0.15, 0.2) is 5.82 Å². The van der Waals surface area contributed by atoms with E-state index in [-0.39, 0.29) is 16.3 Å². The molecule has 0 spiro atoms. The van der Waals surface area contributed by atoms with Crippen LogP contribution in [0.1, 0.15) is 6.92 Å². The first-order valence-electron chi connectivity index (χ1n) is 8.37. The number of fused-ring (bicyclic) bond motifs is 1. The number of ether oxygens (including phenoxy) is 2. The van der Waals surface area contributed by atoms with E-state index in [1.807, 2.05) is 0 Å². The van der Waals surface area contributed by atoms with Crippen molar-refractivity contribution in [2.45, 2.75) is 6.92 Å². The van der Waals surface area contributed by atoms with Gasteiger partial charge in [-0.15, -0.1) is 0 Å². The summed E-state index contributed by atoms with van der Waals surface area (Å²) in [6, 6.07) is 7.71. The lowest BCUT2D eigenvalue weighted by Gasteiger charge is -2.37. The standard InChI is InChI=1S/C19H18ClFN4O2/c1-19(7-26-8-19)9-27-16-6-15-11(5-14(16)22)17(23)25-18(24-15)10-2-3-13(21)12(20)4-10/h2-6H,7-9,22H2,1H3,(H2,23,24,25). The van der Waals surface area contributed by atoms with Gasteiger partial charge >= 0.3 is 0 Å². The van der Waals surface area contributed by atoms with Crippen LogP contribution in [0.5, 0.6) is 5.75 Å². The van der Waals surface area contributed by atoms with Gasteiger partial charge in [-0.1, -0.05) is 18.5 Å². The monoisotopic (exact) mass is 388 g/mol. The minimum atomic E-state index is -0.508. The van der Waals surface area contributed by atoms with Crippen LogP contribution in [0.4, 0.5) is 15.9 Å². The van der Waals surface area contributed by atoms with Gasteiger partial charge in [-0.3, -0.25) is 0 Å². The van der Waals surface area contributed by atoms with Crippen molar-refractivity contribution in [1.29, 1.82) is 0 Å². The van der Waals surface area contributed by atoms with Gasteiger partial charge < -0.3 is 20.9 Å². The van der Waals surface area contributed by atoms with E-state index < -0.39 is 5.82 Å². The van der Waals surface area contributed by atoms with Gasteiger partial charge in [0.05, 0.1) is 36.0 Å². The lowest BCUT2D eigenvalue weighted by atomic mass is 9.90. The van der Waals surface area contributed by atoms with Crippen LogP contribution in [0, 0.1) is 11.2 Å². The van der Waals surface area contributed by atoms with Gasteiger partial charge in [-0.2, -0.15) is 0 Å². The fourth-order valence-electron chi connectivity index (χ4n) is 2.87. The molecule has 3 aromatic rings. The predicted molar refractivity (Wildman–Crippen MR) is 103 cm³/mol. The molecule has 8 heteroatoms. The van der Waals surface area contributed by atoms with Gasteiger partial charge in [-0.25, -0.2) is 14.4 Å². The number of nitrogens with zero attached hydrogens (tertiary/aromatic N) is 2. The molecule has 0 amide bonds. The third-order valence-electron chi connectivity index (χ3n) is 4.51. The van der Waals surface area contributed by atoms with Crippen LogP contribution >= 0.6 is 11.6 Å². The number of hydrogen-bond donors (Lipinski definition) is 2. The Balaban J connectivity index is 1.73. The molecule has 140 valence electrons. The van der Waals surface area contributed by atoms with E-state index in [2.05, 4.69) is 16.9 Å². The second kappa shape index (κ2) is 6.51. The minimum Gasteiger partial charge on any atom is -0.491 e. The Kier molecular flexibility index (Phi) is 4.28. The lowest BCUT2D eigenvalue weighted by molar-refractivity contribution is -0.120. The topological polar surface area (TPSA) is 96.3 Å². The Morgan fingerprint density at radius 3 is 2.67 bits per heavy atom. The molecule has 0 saturated carbocycles. The van der Waals surface area contributed by atoms with Crippen LogP contribution < -0.4 is 16.2 Å². The van der Waals surface area contributed by atoms with Gasteiger partial charge in [0.1, 0.15) is 17.4 Å². The largest absolute Gasteiger partial charge is 0.491 e. The van der Waals surface area contributed by atoms with E-state index in [0.717, 1.165) is 0 Å². The Morgan fingerprint density at radius 1 is 1.22 bits per heavy atom. The number of aromatic nitrogens is 2. The highest BCUT2D eigenvalue weighted by molar-refractivity contribution is 6.31. The van der Waals surface area contributed by atoms with E-state index in [1.54, 1.807) is 18.2 Å². The average molecular weight is 389 g/mol. The summed E-state index contributed by atoms with van der Waals surface area (Å²) in [4.78, 5) is 8.82. The summed E-state index contributed by atoms with van der Waals surface area (Å²) in [5.41, 5.74) is 13.8. The van der Waals surface area contributed by atoms with Crippen molar-refractivity contribution in [3.05, 3.63) is 41.2 Å². The smallest absolute Gasteiger partial charge is 0.162 e. The number of nitrogen functional groups attached to an aromatic ring is 2. The summed E-state index contributed by atoms with van der Waals surface area (Å²) >= 11 is 5.86.